The molecule has 1 aromatic rings. The Bertz CT molecular complexity index is 328. The maximum absolute atomic E-state index is 5.66. The van der Waals surface area contributed by atoms with E-state index in [0.29, 0.717) is 11.9 Å². The molecule has 1 atom stereocenters. The van der Waals surface area contributed by atoms with E-state index in [2.05, 4.69) is 33.9 Å². The van der Waals surface area contributed by atoms with Crippen molar-refractivity contribution in [2.75, 3.05) is 19.7 Å². The predicted molar refractivity (Wildman–Crippen MR) is 56.8 cm³/mol. The van der Waals surface area contributed by atoms with Gasteiger partial charge in [-0.05, 0) is 25.4 Å². The molecule has 0 saturated carbocycles. The van der Waals surface area contributed by atoms with Crippen molar-refractivity contribution >= 4 is 11.6 Å². The van der Waals surface area contributed by atoms with Gasteiger partial charge in [0.05, 0.1) is 6.61 Å². The molecule has 2 rings (SSSR count). The minimum Gasteiger partial charge on any atom is -0.368 e. The van der Waals surface area contributed by atoms with E-state index < -0.39 is 0 Å². The Kier molecular flexibility index (Phi) is 3.23. The van der Waals surface area contributed by atoms with Crippen LogP contribution in [0.2, 0.25) is 5.28 Å². The van der Waals surface area contributed by atoms with Crippen LogP contribution in [0.1, 0.15) is 25.8 Å². The van der Waals surface area contributed by atoms with Gasteiger partial charge in [0.1, 0.15) is 6.10 Å². The molecular formula is C9H15ClN4O. The normalized spacial score (nSPS) is 23.6. The van der Waals surface area contributed by atoms with Crippen LogP contribution in [0, 0.1) is 0 Å². The highest BCUT2D eigenvalue weighted by Crippen LogP contribution is 2.20. The fourth-order valence-electron chi connectivity index (χ4n) is 1.70. The molecule has 1 aliphatic rings. The predicted octanol–water partition coefficient (Wildman–Crippen LogP) is 1.24. The summed E-state index contributed by atoms with van der Waals surface area (Å²) in [6, 6.07) is 0.523. The molecule has 0 radical (unpaired) electrons. The van der Waals surface area contributed by atoms with Crippen molar-refractivity contribution in [3.8, 4) is 0 Å². The van der Waals surface area contributed by atoms with Crippen LogP contribution in [0.4, 0.5) is 0 Å². The van der Waals surface area contributed by atoms with Crippen LogP contribution in [0.3, 0.4) is 0 Å². The number of hydrogen-bond acceptors (Lipinski definition) is 4. The molecule has 6 heteroatoms. The lowest BCUT2D eigenvalue weighted by atomic mass is 10.2. The number of rotatable bonds is 2. The van der Waals surface area contributed by atoms with Gasteiger partial charge in [-0.1, -0.05) is 0 Å². The Morgan fingerprint density at radius 1 is 1.60 bits per heavy atom. The van der Waals surface area contributed by atoms with Crippen molar-refractivity contribution in [3.05, 3.63) is 11.1 Å². The van der Waals surface area contributed by atoms with Crippen LogP contribution in [0.25, 0.3) is 0 Å². The van der Waals surface area contributed by atoms with E-state index in [1.807, 2.05) is 0 Å². The topological polar surface area (TPSA) is 54.0 Å². The molecule has 1 unspecified atom stereocenters. The molecule has 0 amide bonds. The highest BCUT2D eigenvalue weighted by atomic mass is 35.5. The van der Waals surface area contributed by atoms with Gasteiger partial charge in [-0.2, -0.15) is 4.98 Å². The number of halogens is 1. The third-order valence-corrected chi connectivity index (χ3v) is 2.78. The van der Waals surface area contributed by atoms with E-state index >= 15 is 0 Å². The summed E-state index contributed by atoms with van der Waals surface area (Å²) in [5, 5.41) is 6.83. The molecule has 84 valence electrons. The lowest BCUT2D eigenvalue weighted by Gasteiger charge is -2.34. The maximum Gasteiger partial charge on any atom is 0.242 e. The molecule has 1 N–H and O–H groups in total. The smallest absolute Gasteiger partial charge is 0.242 e. The molecule has 5 nitrogen and oxygen atoms in total. The summed E-state index contributed by atoms with van der Waals surface area (Å²) < 4.78 is 5.62. The first kappa shape index (κ1) is 10.9. The van der Waals surface area contributed by atoms with Gasteiger partial charge in [-0.25, -0.2) is 0 Å². The fourth-order valence-corrected chi connectivity index (χ4v) is 1.83. The summed E-state index contributed by atoms with van der Waals surface area (Å²) >= 11 is 5.66. The lowest BCUT2D eigenvalue weighted by Crippen LogP contribution is -2.42. The van der Waals surface area contributed by atoms with Crippen molar-refractivity contribution in [2.45, 2.75) is 26.0 Å². The van der Waals surface area contributed by atoms with Crippen LogP contribution in [-0.2, 0) is 4.74 Å². The summed E-state index contributed by atoms with van der Waals surface area (Å²) in [6.45, 7) is 6.88. The minimum atomic E-state index is -0.0406. The first-order chi connectivity index (χ1) is 7.16. The van der Waals surface area contributed by atoms with Crippen molar-refractivity contribution in [3.63, 3.8) is 0 Å². The van der Waals surface area contributed by atoms with Crippen LogP contribution in [0.15, 0.2) is 0 Å². The SMILES string of the molecule is CC(C)N1CCOC(c2nc(Cl)n[nH]2)C1. The zero-order valence-corrected chi connectivity index (χ0v) is 9.66. The molecule has 0 bridgehead atoms. The first-order valence-corrected chi connectivity index (χ1v) is 5.48. The summed E-state index contributed by atoms with van der Waals surface area (Å²) in [4.78, 5) is 6.43. The van der Waals surface area contributed by atoms with Gasteiger partial charge in [0.25, 0.3) is 0 Å². The Labute approximate surface area is 93.8 Å². The first-order valence-electron chi connectivity index (χ1n) is 5.10. The molecule has 1 saturated heterocycles. The highest BCUT2D eigenvalue weighted by Gasteiger charge is 2.25. The van der Waals surface area contributed by atoms with E-state index in [1.165, 1.54) is 0 Å². The van der Waals surface area contributed by atoms with Crippen molar-refractivity contribution in [2.24, 2.45) is 0 Å². The number of nitrogens with one attached hydrogen (secondary N) is 1. The molecule has 1 aliphatic heterocycles. The molecule has 1 fully saturated rings. The Morgan fingerprint density at radius 2 is 2.40 bits per heavy atom. The number of ether oxygens (including phenoxy) is 1. The average Bonchev–Trinajstić information content (AvgIpc) is 2.65. The van der Waals surface area contributed by atoms with Crippen molar-refractivity contribution in [1.82, 2.24) is 20.1 Å². The van der Waals surface area contributed by atoms with Gasteiger partial charge >= 0.3 is 0 Å². The van der Waals surface area contributed by atoms with Gasteiger partial charge in [0.15, 0.2) is 5.82 Å². The third-order valence-electron chi connectivity index (χ3n) is 2.61. The molecule has 1 aromatic heterocycles. The van der Waals surface area contributed by atoms with Crippen molar-refractivity contribution < 1.29 is 4.74 Å². The molecule has 0 spiro atoms. The zero-order valence-electron chi connectivity index (χ0n) is 8.90. The summed E-state index contributed by atoms with van der Waals surface area (Å²) in [5.74, 6) is 0.713. The quantitative estimate of drug-likeness (QED) is 0.831. The number of nitrogens with zero attached hydrogens (tertiary/aromatic N) is 3. The van der Waals surface area contributed by atoms with Crippen LogP contribution < -0.4 is 0 Å². The third kappa shape index (κ3) is 2.48. The zero-order chi connectivity index (χ0) is 10.8. The number of hydrogen-bond donors (Lipinski definition) is 1. The second kappa shape index (κ2) is 4.47. The largest absolute Gasteiger partial charge is 0.368 e. The second-order valence-corrected chi connectivity index (χ2v) is 4.28. The molecule has 0 aliphatic carbocycles. The summed E-state index contributed by atoms with van der Waals surface area (Å²) in [7, 11) is 0. The Hall–Kier alpha value is -0.650. The Morgan fingerprint density at radius 3 is 3.00 bits per heavy atom. The van der Waals surface area contributed by atoms with Gasteiger partial charge in [0.2, 0.25) is 5.28 Å². The number of morpholine rings is 1. The second-order valence-electron chi connectivity index (χ2n) is 3.94. The monoisotopic (exact) mass is 230 g/mol. The summed E-state index contributed by atoms with van der Waals surface area (Å²) in [5.41, 5.74) is 0. The van der Waals surface area contributed by atoms with Crippen LogP contribution in [0.5, 0.6) is 0 Å². The molecule has 0 aromatic carbocycles. The molecule has 2 heterocycles. The van der Waals surface area contributed by atoms with E-state index in [1.54, 1.807) is 0 Å². The van der Waals surface area contributed by atoms with E-state index in [0.717, 1.165) is 19.7 Å². The van der Waals surface area contributed by atoms with E-state index in [-0.39, 0.29) is 11.4 Å². The van der Waals surface area contributed by atoms with Crippen LogP contribution >= 0.6 is 11.6 Å². The standard InChI is InChI=1S/C9H15ClN4O/c1-6(2)14-3-4-15-7(5-14)8-11-9(10)13-12-8/h6-7H,3-5H2,1-2H3,(H,11,12,13). The van der Waals surface area contributed by atoms with Crippen molar-refractivity contribution in [1.29, 1.82) is 0 Å². The van der Waals surface area contributed by atoms with E-state index in [9.17, 15) is 0 Å². The van der Waals surface area contributed by atoms with Gasteiger partial charge in [0, 0.05) is 19.1 Å². The van der Waals surface area contributed by atoms with E-state index in [4.69, 9.17) is 16.3 Å². The van der Waals surface area contributed by atoms with Gasteiger partial charge < -0.3 is 4.74 Å². The van der Waals surface area contributed by atoms with Gasteiger partial charge in [-0.15, -0.1) is 5.10 Å². The fraction of sp³-hybridized carbons (Fsp3) is 0.778. The molecular weight excluding hydrogens is 216 g/mol. The molecule has 15 heavy (non-hydrogen) atoms. The summed E-state index contributed by atoms with van der Waals surface area (Å²) in [6.07, 6.45) is -0.0406. The lowest BCUT2D eigenvalue weighted by molar-refractivity contribution is -0.0441. The maximum atomic E-state index is 5.66. The van der Waals surface area contributed by atoms with Crippen LogP contribution in [-0.4, -0.2) is 45.8 Å². The number of aromatic nitrogens is 3. The number of aromatic amines is 1. The number of H-pyrrole nitrogens is 1. The minimum absolute atomic E-state index is 0.0406. The highest BCUT2D eigenvalue weighted by molar-refractivity contribution is 6.28. The average molecular weight is 231 g/mol. The van der Waals surface area contributed by atoms with Gasteiger partial charge in [-0.3, -0.25) is 10.00 Å². The Balaban J connectivity index is 2.04.